The lowest BCUT2D eigenvalue weighted by molar-refractivity contribution is 0.687. The summed E-state index contributed by atoms with van der Waals surface area (Å²) >= 11 is 0.993. The summed E-state index contributed by atoms with van der Waals surface area (Å²) in [6, 6.07) is 0. The predicted molar refractivity (Wildman–Crippen MR) is 62.4 cm³/mol. The first-order valence-corrected chi connectivity index (χ1v) is 6.67. The molecule has 2 aromatic heterocycles. The number of aromatic nitrogens is 3. The second-order valence-corrected chi connectivity index (χ2v) is 5.68. The van der Waals surface area contributed by atoms with Crippen molar-refractivity contribution in [2.45, 2.75) is 4.21 Å². The molecule has 0 aliphatic rings. The molecular weight excluding hydrogens is 250 g/mol. The van der Waals surface area contributed by atoms with Crippen molar-refractivity contribution in [2.24, 2.45) is 14.1 Å². The molecule has 0 radical (unpaired) electrons. The molecule has 0 amide bonds. The van der Waals surface area contributed by atoms with Gasteiger partial charge in [0.25, 0.3) is 5.56 Å². The van der Waals surface area contributed by atoms with Crippen molar-refractivity contribution < 1.29 is 4.21 Å². The smallest absolute Gasteiger partial charge is 0.280 e. The Kier molecular flexibility index (Phi) is 2.55. The van der Waals surface area contributed by atoms with Crippen LogP contribution in [-0.4, -0.2) is 24.0 Å². The average Bonchev–Trinajstić information content (AvgIpc) is 2.67. The Morgan fingerprint density at radius 1 is 1.25 bits per heavy atom. The molecule has 2 rings (SSSR count). The van der Waals surface area contributed by atoms with E-state index in [9.17, 15) is 13.8 Å². The van der Waals surface area contributed by atoms with E-state index in [0.717, 1.165) is 16.1 Å². The third-order valence-corrected chi connectivity index (χ3v) is 4.60. The molecule has 0 aromatic carbocycles. The topological polar surface area (TPSA) is 74.0 Å². The van der Waals surface area contributed by atoms with Crippen LogP contribution in [0.4, 0.5) is 0 Å². The van der Waals surface area contributed by atoms with Crippen LogP contribution in [0.25, 0.3) is 11.0 Å². The van der Waals surface area contributed by atoms with Gasteiger partial charge in [-0.1, -0.05) is 0 Å². The van der Waals surface area contributed by atoms with Gasteiger partial charge in [0.1, 0.15) is 9.60 Å². The Hall–Kier alpha value is -1.28. The molecule has 0 N–H and O–H groups in total. The molecule has 16 heavy (non-hydrogen) atoms. The van der Waals surface area contributed by atoms with Crippen LogP contribution in [-0.2, 0) is 24.9 Å². The van der Waals surface area contributed by atoms with Crippen LogP contribution >= 0.6 is 11.5 Å². The third-order valence-electron chi connectivity index (χ3n) is 2.31. The minimum Gasteiger partial charge on any atom is -0.280 e. The number of nitrogens with zero attached hydrogens (tertiary/aromatic N) is 3. The van der Waals surface area contributed by atoms with E-state index in [2.05, 4.69) is 4.37 Å². The third kappa shape index (κ3) is 1.37. The van der Waals surface area contributed by atoms with Crippen molar-refractivity contribution in [3.63, 3.8) is 0 Å². The van der Waals surface area contributed by atoms with Crippen molar-refractivity contribution in [3.8, 4) is 0 Å². The van der Waals surface area contributed by atoms with Gasteiger partial charge in [-0.25, -0.2) is 4.79 Å². The molecule has 6 nitrogen and oxygen atoms in total. The lowest BCUT2D eigenvalue weighted by Crippen LogP contribution is -2.37. The van der Waals surface area contributed by atoms with E-state index in [4.69, 9.17) is 0 Å². The van der Waals surface area contributed by atoms with Crippen LogP contribution in [0.5, 0.6) is 0 Å². The highest BCUT2D eigenvalue weighted by atomic mass is 32.2. The molecule has 8 heteroatoms. The van der Waals surface area contributed by atoms with E-state index >= 15 is 0 Å². The lowest BCUT2D eigenvalue weighted by atomic mass is 10.4. The Bertz CT molecular complexity index is 710. The fraction of sp³-hybridized carbons (Fsp3) is 0.375. The minimum absolute atomic E-state index is 0.274. The summed E-state index contributed by atoms with van der Waals surface area (Å²) in [6.45, 7) is 0. The molecule has 0 aliphatic heterocycles. The summed E-state index contributed by atoms with van der Waals surface area (Å²) in [7, 11) is 1.65. The van der Waals surface area contributed by atoms with Gasteiger partial charge in [0.15, 0.2) is 5.65 Å². The van der Waals surface area contributed by atoms with Crippen LogP contribution < -0.4 is 11.2 Å². The Morgan fingerprint density at radius 2 is 1.88 bits per heavy atom. The lowest BCUT2D eigenvalue weighted by Gasteiger charge is -2.02. The van der Waals surface area contributed by atoms with E-state index in [1.165, 1.54) is 24.9 Å². The second-order valence-electron chi connectivity index (χ2n) is 3.33. The van der Waals surface area contributed by atoms with Gasteiger partial charge in [0.2, 0.25) is 0 Å². The largest absolute Gasteiger partial charge is 0.332 e. The van der Waals surface area contributed by atoms with E-state index < -0.39 is 22.0 Å². The highest BCUT2D eigenvalue weighted by Crippen LogP contribution is 2.20. The van der Waals surface area contributed by atoms with Crippen LogP contribution in [0.1, 0.15) is 0 Å². The standard InChI is InChI=1S/C8H9N3O3S2/c1-10-5-4(6(12)11(2)8(10)13)7(15-9-5)16(3)14/h1-3H3. The molecule has 0 bridgehead atoms. The number of hydrogen-bond donors (Lipinski definition) is 0. The van der Waals surface area contributed by atoms with Crippen LogP contribution in [0.15, 0.2) is 13.8 Å². The fourth-order valence-corrected chi connectivity index (χ4v) is 3.10. The average molecular weight is 259 g/mol. The number of hydrogen-bond acceptors (Lipinski definition) is 5. The van der Waals surface area contributed by atoms with E-state index in [0.29, 0.717) is 9.86 Å². The van der Waals surface area contributed by atoms with E-state index in [-0.39, 0.29) is 5.39 Å². The maximum Gasteiger partial charge on any atom is 0.332 e. The van der Waals surface area contributed by atoms with Gasteiger partial charge in [0.05, 0.1) is 10.8 Å². The van der Waals surface area contributed by atoms with Crippen molar-refractivity contribution in [1.82, 2.24) is 13.5 Å². The zero-order valence-electron chi connectivity index (χ0n) is 8.88. The molecule has 86 valence electrons. The molecule has 0 saturated carbocycles. The van der Waals surface area contributed by atoms with Crippen molar-refractivity contribution in [2.75, 3.05) is 6.26 Å². The van der Waals surface area contributed by atoms with Gasteiger partial charge < -0.3 is 0 Å². The maximum atomic E-state index is 11.9. The number of fused-ring (bicyclic) bond motifs is 1. The molecule has 0 spiro atoms. The maximum absolute atomic E-state index is 11.9. The Morgan fingerprint density at radius 3 is 2.44 bits per heavy atom. The van der Waals surface area contributed by atoms with Gasteiger partial charge in [-0.2, -0.15) is 4.37 Å². The molecule has 1 atom stereocenters. The molecule has 2 heterocycles. The first-order valence-electron chi connectivity index (χ1n) is 4.34. The highest BCUT2D eigenvalue weighted by molar-refractivity contribution is 7.86. The van der Waals surface area contributed by atoms with Gasteiger partial charge in [0, 0.05) is 20.4 Å². The van der Waals surface area contributed by atoms with Crippen LogP contribution in [0, 0.1) is 0 Å². The molecule has 0 fully saturated rings. The zero-order chi connectivity index (χ0) is 12.0. The van der Waals surface area contributed by atoms with Gasteiger partial charge in [-0.05, 0) is 11.5 Å². The summed E-state index contributed by atoms with van der Waals surface area (Å²) < 4.78 is 18.1. The second kappa shape index (κ2) is 3.63. The normalized spacial score (nSPS) is 13.2. The summed E-state index contributed by atoms with van der Waals surface area (Å²) in [5, 5.41) is 0.274. The molecular formula is C8H9N3O3S2. The van der Waals surface area contributed by atoms with Gasteiger partial charge in [-0.3, -0.25) is 18.1 Å². The quantitative estimate of drug-likeness (QED) is 0.687. The molecule has 0 saturated heterocycles. The van der Waals surface area contributed by atoms with Crippen LogP contribution in [0.3, 0.4) is 0 Å². The number of rotatable bonds is 1. The summed E-state index contributed by atoms with van der Waals surface area (Å²) in [6.07, 6.45) is 1.48. The monoisotopic (exact) mass is 259 g/mol. The minimum atomic E-state index is -1.28. The zero-order valence-corrected chi connectivity index (χ0v) is 10.5. The van der Waals surface area contributed by atoms with Gasteiger partial charge >= 0.3 is 5.69 Å². The van der Waals surface area contributed by atoms with Gasteiger partial charge in [-0.15, -0.1) is 0 Å². The summed E-state index contributed by atoms with van der Waals surface area (Å²) in [5.41, 5.74) is -0.586. The van der Waals surface area contributed by atoms with E-state index in [1.54, 1.807) is 0 Å². The molecule has 1 unspecified atom stereocenters. The first kappa shape index (κ1) is 11.2. The predicted octanol–water partition coefficient (Wildman–Crippen LogP) is -0.569. The first-order chi connectivity index (χ1) is 7.45. The number of aryl methyl sites for hydroxylation is 1. The molecule has 0 aliphatic carbocycles. The Labute approximate surface area is 96.8 Å². The van der Waals surface area contributed by atoms with Crippen molar-refractivity contribution in [3.05, 3.63) is 20.8 Å². The van der Waals surface area contributed by atoms with Crippen molar-refractivity contribution >= 4 is 33.4 Å². The Balaban J connectivity index is 3.13. The fourth-order valence-electron chi connectivity index (χ4n) is 1.45. The van der Waals surface area contributed by atoms with E-state index in [1.807, 2.05) is 0 Å². The SMILES string of the molecule is Cn1c(=O)c2c(S(C)=O)snc2n(C)c1=O. The molecule has 2 aromatic rings. The summed E-state index contributed by atoms with van der Waals surface area (Å²) in [5.74, 6) is 0. The van der Waals surface area contributed by atoms with Crippen LogP contribution in [0.2, 0.25) is 0 Å². The highest BCUT2D eigenvalue weighted by Gasteiger charge is 2.17. The summed E-state index contributed by atoms with van der Waals surface area (Å²) in [4.78, 5) is 23.5. The van der Waals surface area contributed by atoms with Crippen molar-refractivity contribution in [1.29, 1.82) is 0 Å².